The van der Waals surface area contributed by atoms with E-state index in [1.165, 1.54) is 7.11 Å². The zero-order chi connectivity index (χ0) is 14.6. The van der Waals surface area contributed by atoms with Gasteiger partial charge in [-0.3, -0.25) is 10.1 Å². The summed E-state index contributed by atoms with van der Waals surface area (Å²) in [7, 11) is 1.46. The van der Waals surface area contributed by atoms with Gasteiger partial charge in [0.25, 0.3) is 5.22 Å². The lowest BCUT2D eigenvalue weighted by Gasteiger charge is -2.40. The number of nitrogens with zero attached hydrogens (tertiary/aromatic N) is 1. The molecule has 0 aliphatic heterocycles. The number of ether oxygens (including phenoxy) is 1. The molecule has 1 aliphatic carbocycles. The number of esters is 1. The maximum atomic E-state index is 12.2. The molecule has 1 heterocycles. The van der Waals surface area contributed by atoms with Gasteiger partial charge in [-0.2, -0.15) is 0 Å². The van der Waals surface area contributed by atoms with Crippen molar-refractivity contribution in [3.8, 4) is 0 Å². The first-order valence-corrected chi connectivity index (χ1v) is 7.86. The lowest BCUT2D eigenvalue weighted by molar-refractivity contribution is -0.150. The summed E-state index contributed by atoms with van der Waals surface area (Å²) in [6, 6.07) is 0.236. The highest BCUT2D eigenvalue weighted by Gasteiger charge is 2.44. The van der Waals surface area contributed by atoms with Crippen molar-refractivity contribution >= 4 is 17.7 Å². The van der Waals surface area contributed by atoms with Gasteiger partial charge < -0.3 is 9.15 Å². The fourth-order valence-electron chi connectivity index (χ4n) is 2.86. The van der Waals surface area contributed by atoms with Crippen molar-refractivity contribution in [3.63, 3.8) is 0 Å². The van der Waals surface area contributed by atoms with Gasteiger partial charge in [0.15, 0.2) is 0 Å². The van der Waals surface area contributed by atoms with E-state index in [1.807, 2.05) is 0 Å². The van der Waals surface area contributed by atoms with Gasteiger partial charge in [0.1, 0.15) is 11.8 Å². The van der Waals surface area contributed by atoms with Crippen LogP contribution in [0.5, 0.6) is 0 Å². The molecule has 1 aliphatic rings. The number of carbonyl (C=O) groups is 1. The molecule has 0 radical (unpaired) electrons. The van der Waals surface area contributed by atoms with Crippen LogP contribution in [0, 0.1) is 0 Å². The minimum Gasteiger partial charge on any atom is -0.468 e. The Bertz CT molecular complexity index is 436. The van der Waals surface area contributed by atoms with E-state index >= 15 is 0 Å². The van der Waals surface area contributed by atoms with E-state index in [0.29, 0.717) is 10.5 Å². The first-order valence-electron chi connectivity index (χ1n) is 6.98. The number of carbonyl (C=O) groups excluding carboxylic acids is 1. The minimum atomic E-state index is -0.578. The Morgan fingerprint density at radius 2 is 2.45 bits per heavy atom. The molecule has 0 bridgehead atoms. The SMILES string of the molecule is COC(=O)C1(NC(C)C)CCCC(Sc2ncco2)C1. The number of hydrogen-bond donors (Lipinski definition) is 1. The fourth-order valence-corrected chi connectivity index (χ4v) is 4.03. The fraction of sp³-hybridized carbons (Fsp3) is 0.714. The average molecular weight is 298 g/mol. The minimum absolute atomic E-state index is 0.163. The normalized spacial score (nSPS) is 26.7. The van der Waals surface area contributed by atoms with Crippen molar-refractivity contribution < 1.29 is 13.9 Å². The van der Waals surface area contributed by atoms with Crippen LogP contribution in [-0.2, 0) is 9.53 Å². The molecule has 1 aromatic heterocycles. The number of hydrogen-bond acceptors (Lipinski definition) is 6. The summed E-state index contributed by atoms with van der Waals surface area (Å²) < 4.78 is 10.3. The van der Waals surface area contributed by atoms with Crippen molar-refractivity contribution in [3.05, 3.63) is 12.5 Å². The Kier molecular flexibility index (Phi) is 5.10. The molecule has 0 saturated heterocycles. The summed E-state index contributed by atoms with van der Waals surface area (Å²) in [4.78, 5) is 16.4. The first-order chi connectivity index (χ1) is 9.55. The highest BCUT2D eigenvalue weighted by atomic mass is 32.2. The second-order valence-electron chi connectivity index (χ2n) is 5.51. The number of oxazole rings is 1. The smallest absolute Gasteiger partial charge is 0.326 e. The van der Waals surface area contributed by atoms with Crippen LogP contribution in [-0.4, -0.2) is 34.9 Å². The summed E-state index contributed by atoms with van der Waals surface area (Å²) >= 11 is 1.60. The van der Waals surface area contributed by atoms with Crippen molar-refractivity contribution in [2.75, 3.05) is 7.11 Å². The predicted molar refractivity (Wildman–Crippen MR) is 77.6 cm³/mol. The Hall–Kier alpha value is -1.01. The molecule has 20 heavy (non-hydrogen) atoms. The van der Waals surface area contributed by atoms with Crippen LogP contribution in [0.1, 0.15) is 39.5 Å². The second kappa shape index (κ2) is 6.63. The molecule has 1 aromatic rings. The summed E-state index contributed by atoms with van der Waals surface area (Å²) in [6.07, 6.45) is 6.83. The van der Waals surface area contributed by atoms with E-state index in [1.54, 1.807) is 24.2 Å². The van der Waals surface area contributed by atoms with Crippen LogP contribution in [0.3, 0.4) is 0 Å². The van der Waals surface area contributed by atoms with Crippen LogP contribution in [0.15, 0.2) is 22.1 Å². The number of aromatic nitrogens is 1. The molecule has 1 fully saturated rings. The monoisotopic (exact) mass is 298 g/mol. The Morgan fingerprint density at radius 1 is 1.65 bits per heavy atom. The third-order valence-corrected chi connectivity index (χ3v) is 4.66. The Balaban J connectivity index is 2.09. The Labute approximate surface area is 123 Å². The van der Waals surface area contributed by atoms with Gasteiger partial charge in [0.2, 0.25) is 0 Å². The molecule has 1 N–H and O–H groups in total. The van der Waals surface area contributed by atoms with Crippen molar-refractivity contribution in [1.82, 2.24) is 10.3 Å². The standard InChI is InChI=1S/C14H22N2O3S/c1-10(2)16-14(12(17)18-3)6-4-5-11(9-14)20-13-15-7-8-19-13/h7-8,10-11,16H,4-6,9H2,1-3H3. The highest BCUT2D eigenvalue weighted by Crippen LogP contribution is 2.38. The van der Waals surface area contributed by atoms with Gasteiger partial charge in [0, 0.05) is 11.3 Å². The van der Waals surface area contributed by atoms with E-state index in [-0.39, 0.29) is 12.0 Å². The number of methoxy groups -OCH3 is 1. The van der Waals surface area contributed by atoms with Crippen LogP contribution < -0.4 is 5.32 Å². The van der Waals surface area contributed by atoms with Gasteiger partial charge in [-0.25, -0.2) is 4.98 Å². The summed E-state index contributed by atoms with van der Waals surface area (Å²) in [5, 5.41) is 4.40. The molecule has 1 saturated carbocycles. The molecule has 2 atom stereocenters. The molecule has 5 nitrogen and oxygen atoms in total. The quantitative estimate of drug-likeness (QED) is 0.843. The van der Waals surface area contributed by atoms with E-state index in [0.717, 1.165) is 25.7 Å². The molecule has 112 valence electrons. The van der Waals surface area contributed by atoms with Gasteiger partial charge in [0.05, 0.1) is 13.3 Å². The highest BCUT2D eigenvalue weighted by molar-refractivity contribution is 7.99. The van der Waals surface area contributed by atoms with E-state index in [2.05, 4.69) is 24.1 Å². The Morgan fingerprint density at radius 3 is 3.05 bits per heavy atom. The van der Waals surface area contributed by atoms with Crippen LogP contribution in [0.25, 0.3) is 0 Å². The van der Waals surface area contributed by atoms with Gasteiger partial charge >= 0.3 is 5.97 Å². The number of thioether (sulfide) groups is 1. The average Bonchev–Trinajstić information content (AvgIpc) is 2.90. The van der Waals surface area contributed by atoms with E-state index < -0.39 is 5.54 Å². The summed E-state index contributed by atoms with van der Waals surface area (Å²) in [5.41, 5.74) is -0.578. The summed E-state index contributed by atoms with van der Waals surface area (Å²) in [6.45, 7) is 4.10. The van der Waals surface area contributed by atoms with Crippen LogP contribution in [0.4, 0.5) is 0 Å². The molecular formula is C14H22N2O3S. The zero-order valence-electron chi connectivity index (χ0n) is 12.2. The molecule has 0 amide bonds. The van der Waals surface area contributed by atoms with Gasteiger partial charge in [-0.15, -0.1) is 0 Å². The first kappa shape index (κ1) is 15.4. The second-order valence-corrected chi connectivity index (χ2v) is 6.76. The predicted octanol–water partition coefficient (Wildman–Crippen LogP) is 2.62. The van der Waals surface area contributed by atoms with Crippen molar-refractivity contribution in [2.24, 2.45) is 0 Å². The molecule has 0 aromatic carbocycles. The van der Waals surface area contributed by atoms with Crippen LogP contribution in [0.2, 0.25) is 0 Å². The van der Waals surface area contributed by atoms with Gasteiger partial charge in [-0.1, -0.05) is 11.8 Å². The molecule has 0 spiro atoms. The van der Waals surface area contributed by atoms with Crippen molar-refractivity contribution in [1.29, 1.82) is 0 Å². The van der Waals surface area contributed by atoms with Crippen molar-refractivity contribution in [2.45, 2.75) is 61.6 Å². The number of nitrogens with one attached hydrogen (secondary N) is 1. The molecule has 2 rings (SSSR count). The van der Waals surface area contributed by atoms with E-state index in [9.17, 15) is 4.79 Å². The zero-order valence-corrected chi connectivity index (χ0v) is 13.0. The van der Waals surface area contributed by atoms with E-state index in [4.69, 9.17) is 9.15 Å². The lowest BCUT2D eigenvalue weighted by atomic mass is 9.81. The molecule has 6 heteroatoms. The molecular weight excluding hydrogens is 276 g/mol. The molecule has 2 unspecified atom stereocenters. The summed E-state index contributed by atoms with van der Waals surface area (Å²) in [5.74, 6) is -0.163. The number of rotatable bonds is 5. The maximum absolute atomic E-state index is 12.2. The largest absolute Gasteiger partial charge is 0.468 e. The topological polar surface area (TPSA) is 64.4 Å². The third kappa shape index (κ3) is 3.55. The lowest BCUT2D eigenvalue weighted by Crippen LogP contribution is -2.58. The van der Waals surface area contributed by atoms with Gasteiger partial charge in [-0.05, 0) is 39.5 Å². The maximum Gasteiger partial charge on any atom is 0.326 e. The third-order valence-electron chi connectivity index (χ3n) is 3.52. The van der Waals surface area contributed by atoms with Crippen LogP contribution >= 0.6 is 11.8 Å².